The SMILES string of the molecule is CC(Nc1nnc(Cc2ccccc2)s1)C1CN(C)CCO1. The normalized spacial score (nSPS) is 20.7. The Morgan fingerprint density at radius 2 is 2.18 bits per heavy atom. The maximum absolute atomic E-state index is 5.84. The van der Waals surface area contributed by atoms with Gasteiger partial charge in [0.2, 0.25) is 5.13 Å². The van der Waals surface area contributed by atoms with E-state index in [0.717, 1.165) is 36.3 Å². The zero-order chi connectivity index (χ0) is 15.4. The second-order valence-electron chi connectivity index (χ2n) is 5.77. The number of benzene rings is 1. The molecule has 0 spiro atoms. The van der Waals surface area contributed by atoms with Crippen molar-refractivity contribution in [3.8, 4) is 0 Å². The lowest BCUT2D eigenvalue weighted by Gasteiger charge is -2.33. The Kier molecular flexibility index (Phi) is 5.02. The molecule has 2 heterocycles. The topological polar surface area (TPSA) is 50.3 Å². The van der Waals surface area contributed by atoms with Gasteiger partial charge < -0.3 is 15.0 Å². The summed E-state index contributed by atoms with van der Waals surface area (Å²) in [6.45, 7) is 4.89. The summed E-state index contributed by atoms with van der Waals surface area (Å²) in [7, 11) is 2.13. The second kappa shape index (κ2) is 7.17. The third kappa shape index (κ3) is 4.03. The lowest BCUT2D eigenvalue weighted by molar-refractivity contribution is -0.0259. The molecule has 5 nitrogen and oxygen atoms in total. The van der Waals surface area contributed by atoms with Crippen molar-refractivity contribution in [1.82, 2.24) is 15.1 Å². The van der Waals surface area contributed by atoms with E-state index >= 15 is 0 Å². The molecule has 2 atom stereocenters. The minimum atomic E-state index is 0.195. The van der Waals surface area contributed by atoms with Gasteiger partial charge in [-0.1, -0.05) is 41.7 Å². The van der Waals surface area contributed by atoms with Crippen molar-refractivity contribution >= 4 is 16.5 Å². The quantitative estimate of drug-likeness (QED) is 0.916. The van der Waals surface area contributed by atoms with Gasteiger partial charge in [-0.25, -0.2) is 0 Å². The maximum Gasteiger partial charge on any atom is 0.205 e. The van der Waals surface area contributed by atoms with Gasteiger partial charge in [-0.15, -0.1) is 10.2 Å². The van der Waals surface area contributed by atoms with Crippen LogP contribution in [0.4, 0.5) is 5.13 Å². The Hall–Kier alpha value is -1.50. The van der Waals surface area contributed by atoms with Gasteiger partial charge in [-0.05, 0) is 19.5 Å². The number of nitrogens with zero attached hydrogens (tertiary/aromatic N) is 3. The lowest BCUT2D eigenvalue weighted by atomic mass is 10.1. The molecular formula is C16H22N4OS. The lowest BCUT2D eigenvalue weighted by Crippen LogP contribution is -2.47. The third-order valence-electron chi connectivity index (χ3n) is 3.87. The van der Waals surface area contributed by atoms with Crippen molar-refractivity contribution in [1.29, 1.82) is 0 Å². The minimum Gasteiger partial charge on any atom is -0.373 e. The van der Waals surface area contributed by atoms with Gasteiger partial charge in [-0.2, -0.15) is 0 Å². The molecule has 22 heavy (non-hydrogen) atoms. The largest absolute Gasteiger partial charge is 0.373 e. The van der Waals surface area contributed by atoms with Gasteiger partial charge in [0.1, 0.15) is 5.01 Å². The van der Waals surface area contributed by atoms with Crippen LogP contribution in [0.15, 0.2) is 30.3 Å². The molecule has 2 aromatic rings. The molecule has 0 aliphatic carbocycles. The molecule has 0 amide bonds. The standard InChI is InChI=1S/C16H22N4OS/c1-12(14-11-20(2)8-9-21-14)17-16-19-18-15(22-16)10-13-6-4-3-5-7-13/h3-7,12,14H,8-11H2,1-2H3,(H,17,19). The van der Waals surface area contributed by atoms with E-state index in [-0.39, 0.29) is 12.1 Å². The smallest absolute Gasteiger partial charge is 0.205 e. The number of rotatable bonds is 5. The van der Waals surface area contributed by atoms with Crippen LogP contribution in [-0.4, -0.2) is 54.0 Å². The zero-order valence-corrected chi connectivity index (χ0v) is 13.8. The van der Waals surface area contributed by atoms with E-state index in [0.29, 0.717) is 0 Å². The number of morpholine rings is 1. The maximum atomic E-state index is 5.84. The summed E-state index contributed by atoms with van der Waals surface area (Å²) in [5.74, 6) is 0. The van der Waals surface area contributed by atoms with Crippen LogP contribution in [0.2, 0.25) is 0 Å². The number of aromatic nitrogens is 2. The average molecular weight is 318 g/mol. The molecule has 2 unspecified atom stereocenters. The van der Waals surface area contributed by atoms with Crippen LogP contribution in [0.3, 0.4) is 0 Å². The first-order valence-corrected chi connectivity index (χ1v) is 8.45. The molecule has 1 aromatic carbocycles. The van der Waals surface area contributed by atoms with E-state index < -0.39 is 0 Å². The fraction of sp³-hybridized carbons (Fsp3) is 0.500. The summed E-state index contributed by atoms with van der Waals surface area (Å²) in [5.41, 5.74) is 1.26. The van der Waals surface area contributed by atoms with Crippen LogP contribution in [0.1, 0.15) is 17.5 Å². The molecule has 118 valence electrons. The first kappa shape index (κ1) is 15.4. The van der Waals surface area contributed by atoms with Crippen LogP contribution in [0.5, 0.6) is 0 Å². The van der Waals surface area contributed by atoms with Crippen LogP contribution in [0.25, 0.3) is 0 Å². The van der Waals surface area contributed by atoms with Crippen molar-refractivity contribution in [2.24, 2.45) is 0 Å². The Labute approximate surface area is 135 Å². The van der Waals surface area contributed by atoms with Crippen LogP contribution >= 0.6 is 11.3 Å². The van der Waals surface area contributed by atoms with E-state index in [1.165, 1.54) is 5.56 Å². The summed E-state index contributed by atoms with van der Waals surface area (Å²) in [6, 6.07) is 10.6. The molecule has 0 radical (unpaired) electrons. The Balaban J connectivity index is 1.57. The minimum absolute atomic E-state index is 0.195. The van der Waals surface area contributed by atoms with Crippen LogP contribution < -0.4 is 5.32 Å². The number of nitrogens with one attached hydrogen (secondary N) is 1. The van der Waals surface area contributed by atoms with Crippen molar-refractivity contribution < 1.29 is 4.74 Å². The van der Waals surface area contributed by atoms with Gasteiger partial charge >= 0.3 is 0 Å². The van der Waals surface area contributed by atoms with Crippen LogP contribution in [-0.2, 0) is 11.2 Å². The molecule has 1 aliphatic heterocycles. The molecular weight excluding hydrogens is 296 g/mol. The molecule has 6 heteroatoms. The zero-order valence-electron chi connectivity index (χ0n) is 13.0. The number of hydrogen-bond acceptors (Lipinski definition) is 6. The molecule has 0 saturated carbocycles. The van der Waals surface area contributed by atoms with Gasteiger partial charge in [0, 0.05) is 19.5 Å². The van der Waals surface area contributed by atoms with Crippen molar-refractivity contribution in [2.45, 2.75) is 25.5 Å². The predicted octanol–water partition coefficient (Wildman–Crippen LogP) is 2.26. The monoisotopic (exact) mass is 318 g/mol. The molecule has 3 rings (SSSR count). The van der Waals surface area contributed by atoms with Gasteiger partial charge in [-0.3, -0.25) is 0 Å². The van der Waals surface area contributed by atoms with Gasteiger partial charge in [0.25, 0.3) is 0 Å². The van der Waals surface area contributed by atoms with Gasteiger partial charge in [0.05, 0.1) is 18.8 Å². The molecule has 1 saturated heterocycles. The number of ether oxygens (including phenoxy) is 1. The van der Waals surface area contributed by atoms with Crippen molar-refractivity contribution in [2.75, 3.05) is 32.1 Å². The summed E-state index contributed by atoms with van der Waals surface area (Å²) < 4.78 is 5.84. The highest BCUT2D eigenvalue weighted by Crippen LogP contribution is 2.20. The summed E-state index contributed by atoms with van der Waals surface area (Å²) in [6.07, 6.45) is 1.03. The van der Waals surface area contributed by atoms with Crippen molar-refractivity contribution in [3.05, 3.63) is 40.9 Å². The van der Waals surface area contributed by atoms with E-state index in [9.17, 15) is 0 Å². The molecule has 0 bridgehead atoms. The van der Waals surface area contributed by atoms with E-state index in [1.807, 2.05) is 6.07 Å². The van der Waals surface area contributed by atoms with Gasteiger partial charge in [0.15, 0.2) is 0 Å². The second-order valence-corrected chi connectivity index (χ2v) is 6.83. The first-order chi connectivity index (χ1) is 10.7. The van der Waals surface area contributed by atoms with E-state index in [2.05, 4.69) is 58.7 Å². The number of anilines is 1. The molecule has 1 N–H and O–H groups in total. The molecule has 1 aliphatic rings. The highest BCUT2D eigenvalue weighted by Gasteiger charge is 2.24. The fourth-order valence-corrected chi connectivity index (χ4v) is 3.43. The van der Waals surface area contributed by atoms with Crippen LogP contribution in [0, 0.1) is 0 Å². The van der Waals surface area contributed by atoms with E-state index in [1.54, 1.807) is 11.3 Å². The summed E-state index contributed by atoms with van der Waals surface area (Å²) in [4.78, 5) is 2.30. The van der Waals surface area contributed by atoms with E-state index in [4.69, 9.17) is 4.74 Å². The predicted molar refractivity (Wildman–Crippen MR) is 89.5 cm³/mol. The number of hydrogen-bond donors (Lipinski definition) is 1. The first-order valence-electron chi connectivity index (χ1n) is 7.63. The Bertz CT molecular complexity index is 589. The molecule has 1 fully saturated rings. The average Bonchev–Trinajstić information content (AvgIpc) is 2.95. The summed E-state index contributed by atoms with van der Waals surface area (Å²) in [5, 5.41) is 13.9. The summed E-state index contributed by atoms with van der Waals surface area (Å²) >= 11 is 1.62. The molecule has 1 aromatic heterocycles. The Morgan fingerprint density at radius 1 is 1.36 bits per heavy atom. The third-order valence-corrected chi connectivity index (χ3v) is 4.72. The highest BCUT2D eigenvalue weighted by atomic mass is 32.1. The Morgan fingerprint density at radius 3 is 2.95 bits per heavy atom. The van der Waals surface area contributed by atoms with Crippen molar-refractivity contribution in [3.63, 3.8) is 0 Å². The highest BCUT2D eigenvalue weighted by molar-refractivity contribution is 7.15. The fourth-order valence-electron chi connectivity index (χ4n) is 2.56. The number of likely N-dealkylation sites (N-methyl/N-ethyl adjacent to an activating group) is 1.